The van der Waals surface area contributed by atoms with Gasteiger partial charge in [0.25, 0.3) is 0 Å². The van der Waals surface area contributed by atoms with Crippen molar-refractivity contribution in [3.8, 4) is 0 Å². The Bertz CT molecular complexity index is 988. The van der Waals surface area contributed by atoms with Crippen LogP contribution in [0.4, 0.5) is 0 Å². The van der Waals surface area contributed by atoms with E-state index in [2.05, 4.69) is 72.1 Å². The van der Waals surface area contributed by atoms with Gasteiger partial charge in [0.2, 0.25) is 0 Å². The molecule has 1 N–H and O–H groups in total. The summed E-state index contributed by atoms with van der Waals surface area (Å²) in [6.07, 6.45) is 4.07. The zero-order chi connectivity index (χ0) is 29.1. The molecule has 228 valence electrons. The highest BCUT2D eigenvalue weighted by Crippen LogP contribution is 2.57. The second kappa shape index (κ2) is 13.6. The van der Waals surface area contributed by atoms with Gasteiger partial charge >= 0.3 is 6.72 Å². The van der Waals surface area contributed by atoms with Gasteiger partial charge in [-0.15, -0.1) is 0 Å². The molecule has 3 heterocycles. The third kappa shape index (κ3) is 8.25. The summed E-state index contributed by atoms with van der Waals surface area (Å²) in [5, 5.41) is 3.73. The standard InChI is InChI=1S/C30H52NO6PSSi/c1-9-25-26(18-21(2)33-25)35-38(39,36-29(24-16-13-17-31-24)23-14-11-10-12-15-23)32-20-28-27(19-22(3)34-28)37-40(7,8)30(4,5)6/h10-12,14-15,21-22,24-29,31H,9,13,16-20H2,1-8H3/t21-,22-,24-,25+,26?,27?,28+,29+,38-/m0/s1. The molecule has 0 aromatic heterocycles. The Morgan fingerprint density at radius 3 is 2.30 bits per heavy atom. The fourth-order valence-corrected chi connectivity index (χ4v) is 9.42. The van der Waals surface area contributed by atoms with Crippen molar-refractivity contribution >= 4 is 26.8 Å². The number of hydrogen-bond donors (Lipinski definition) is 1. The van der Waals surface area contributed by atoms with Crippen LogP contribution in [0.5, 0.6) is 0 Å². The zero-order valence-electron chi connectivity index (χ0n) is 25.8. The first-order chi connectivity index (χ1) is 18.8. The van der Waals surface area contributed by atoms with Gasteiger partial charge in [-0.25, -0.2) is 0 Å². The third-order valence-electron chi connectivity index (χ3n) is 8.92. The van der Waals surface area contributed by atoms with Gasteiger partial charge in [-0.1, -0.05) is 58.0 Å². The molecule has 1 aromatic carbocycles. The number of ether oxygens (including phenoxy) is 2. The second-order valence-electron chi connectivity index (χ2n) is 13.3. The van der Waals surface area contributed by atoms with Gasteiger partial charge < -0.3 is 28.3 Å². The smallest absolute Gasteiger partial charge is 0.328 e. The maximum Gasteiger partial charge on any atom is 0.328 e. The highest BCUT2D eigenvalue weighted by molar-refractivity contribution is 8.07. The summed E-state index contributed by atoms with van der Waals surface area (Å²) < 4.78 is 39.5. The first-order valence-corrected chi connectivity index (χ1v) is 20.6. The first-order valence-electron chi connectivity index (χ1n) is 15.2. The van der Waals surface area contributed by atoms with Gasteiger partial charge in [-0.05, 0) is 75.2 Å². The summed E-state index contributed by atoms with van der Waals surface area (Å²) in [6.45, 7) is 15.7. The Hall–Kier alpha value is -0.193. The molecule has 0 bridgehead atoms. The van der Waals surface area contributed by atoms with E-state index in [0.717, 1.165) is 44.2 Å². The lowest BCUT2D eigenvalue weighted by atomic mass is 10.0. The first kappa shape index (κ1) is 32.7. The maximum atomic E-state index is 6.85. The lowest BCUT2D eigenvalue weighted by Gasteiger charge is -2.39. The zero-order valence-corrected chi connectivity index (χ0v) is 28.5. The molecule has 3 aliphatic rings. The summed E-state index contributed by atoms with van der Waals surface area (Å²) in [7, 11) is -2.00. The van der Waals surface area contributed by atoms with Crippen molar-refractivity contribution in [1.82, 2.24) is 5.32 Å². The second-order valence-corrected chi connectivity index (χ2v) is 21.0. The molecule has 0 amide bonds. The lowest BCUT2D eigenvalue weighted by Crippen LogP contribution is -2.46. The number of rotatable bonds is 12. The van der Waals surface area contributed by atoms with Gasteiger partial charge in [0.1, 0.15) is 12.2 Å². The van der Waals surface area contributed by atoms with Crippen molar-refractivity contribution in [2.45, 2.75) is 141 Å². The Labute approximate surface area is 248 Å². The van der Waals surface area contributed by atoms with E-state index in [0.29, 0.717) is 0 Å². The van der Waals surface area contributed by atoms with E-state index in [1.54, 1.807) is 0 Å². The van der Waals surface area contributed by atoms with Crippen LogP contribution in [0.1, 0.15) is 85.3 Å². The molecule has 1 aromatic rings. The van der Waals surface area contributed by atoms with Crippen LogP contribution in [0.15, 0.2) is 30.3 Å². The molecular weight excluding hydrogens is 561 g/mol. The van der Waals surface area contributed by atoms with Gasteiger partial charge in [-0.2, -0.15) is 0 Å². The molecule has 40 heavy (non-hydrogen) atoms. The van der Waals surface area contributed by atoms with Crippen molar-refractivity contribution in [1.29, 1.82) is 0 Å². The molecule has 3 fully saturated rings. The van der Waals surface area contributed by atoms with Crippen LogP contribution in [0.2, 0.25) is 18.1 Å². The van der Waals surface area contributed by atoms with E-state index in [1.165, 1.54) is 0 Å². The van der Waals surface area contributed by atoms with E-state index < -0.39 is 15.0 Å². The number of hydrogen-bond acceptors (Lipinski definition) is 8. The lowest BCUT2D eigenvalue weighted by molar-refractivity contribution is -0.0257. The Kier molecular flexibility index (Phi) is 11.1. The van der Waals surface area contributed by atoms with Crippen LogP contribution in [-0.2, 0) is 39.3 Å². The number of nitrogens with one attached hydrogen (secondary N) is 1. The molecule has 9 atom stereocenters. The van der Waals surface area contributed by atoms with Crippen LogP contribution in [0, 0.1) is 0 Å². The Balaban J connectivity index is 1.56. The molecule has 0 spiro atoms. The van der Waals surface area contributed by atoms with E-state index in [9.17, 15) is 0 Å². The largest absolute Gasteiger partial charge is 0.411 e. The van der Waals surface area contributed by atoms with Crippen LogP contribution >= 0.6 is 6.72 Å². The SMILES string of the molecule is CC[C@H]1O[C@@H](C)CC1O[P@@](=S)(OC[C@H]1O[C@@H](C)CC1O[Si](C)(C)C(C)(C)C)O[C@H](c1ccccc1)[C@@H]1CCCN1. The fourth-order valence-electron chi connectivity index (χ4n) is 5.67. The van der Waals surface area contributed by atoms with Crippen molar-refractivity contribution < 1.29 is 27.5 Å². The summed E-state index contributed by atoms with van der Waals surface area (Å²) in [5.41, 5.74) is 1.08. The van der Waals surface area contributed by atoms with Crippen molar-refractivity contribution in [3.63, 3.8) is 0 Å². The predicted octanol–water partition coefficient (Wildman–Crippen LogP) is 7.28. The monoisotopic (exact) mass is 613 g/mol. The predicted molar refractivity (Wildman–Crippen MR) is 167 cm³/mol. The van der Waals surface area contributed by atoms with Crippen molar-refractivity contribution in [2.24, 2.45) is 0 Å². The molecule has 3 aliphatic heterocycles. The summed E-state index contributed by atoms with van der Waals surface area (Å²) in [6, 6.07) is 10.5. The van der Waals surface area contributed by atoms with E-state index in [-0.39, 0.29) is 60.4 Å². The molecule has 0 saturated carbocycles. The summed E-state index contributed by atoms with van der Waals surface area (Å²) in [4.78, 5) is 0. The van der Waals surface area contributed by atoms with E-state index in [1.807, 2.05) is 18.2 Å². The van der Waals surface area contributed by atoms with E-state index in [4.69, 9.17) is 39.3 Å². The van der Waals surface area contributed by atoms with Gasteiger partial charge in [0, 0.05) is 18.9 Å². The molecule has 2 unspecified atom stereocenters. The minimum Gasteiger partial charge on any atom is -0.411 e. The van der Waals surface area contributed by atoms with Crippen LogP contribution in [0.25, 0.3) is 0 Å². The normalized spacial score (nSPS) is 33.8. The van der Waals surface area contributed by atoms with Crippen LogP contribution in [-0.4, -0.2) is 64.1 Å². The van der Waals surface area contributed by atoms with Crippen LogP contribution < -0.4 is 5.32 Å². The minimum atomic E-state index is -3.21. The van der Waals surface area contributed by atoms with Gasteiger partial charge in [0.15, 0.2) is 8.32 Å². The Morgan fingerprint density at radius 2 is 1.70 bits per heavy atom. The average Bonchev–Trinajstić information content (AvgIpc) is 3.61. The highest BCUT2D eigenvalue weighted by atomic mass is 32.5. The number of benzene rings is 1. The fraction of sp³-hybridized carbons (Fsp3) is 0.800. The maximum absolute atomic E-state index is 6.85. The topological polar surface area (TPSA) is 67.4 Å². The molecule has 0 aliphatic carbocycles. The minimum absolute atomic E-state index is 0.0262. The van der Waals surface area contributed by atoms with E-state index >= 15 is 0 Å². The molecule has 4 rings (SSSR count). The molecule has 0 radical (unpaired) electrons. The van der Waals surface area contributed by atoms with Crippen LogP contribution in [0.3, 0.4) is 0 Å². The Morgan fingerprint density at radius 1 is 1.05 bits per heavy atom. The average molecular weight is 614 g/mol. The third-order valence-corrected chi connectivity index (χ3v) is 15.7. The highest BCUT2D eigenvalue weighted by Gasteiger charge is 2.46. The molecule has 7 nitrogen and oxygen atoms in total. The quantitative estimate of drug-likeness (QED) is 0.195. The molecular formula is C30H52NO6PSSi. The van der Waals surface area contributed by atoms with Crippen molar-refractivity contribution in [2.75, 3.05) is 13.2 Å². The summed E-state index contributed by atoms with van der Waals surface area (Å²) >= 11 is 6.23. The molecule has 3 saturated heterocycles. The summed E-state index contributed by atoms with van der Waals surface area (Å²) in [5.74, 6) is 0. The molecule has 10 heteroatoms. The van der Waals surface area contributed by atoms with Crippen molar-refractivity contribution in [3.05, 3.63) is 35.9 Å². The van der Waals surface area contributed by atoms with Gasteiger partial charge in [0.05, 0.1) is 37.1 Å². The van der Waals surface area contributed by atoms with Gasteiger partial charge in [-0.3, -0.25) is 4.52 Å².